The molecule has 1 fully saturated rings. The van der Waals surface area contributed by atoms with Crippen LogP contribution in [0.15, 0.2) is 54.9 Å². The highest BCUT2D eigenvalue weighted by molar-refractivity contribution is 6.78. The van der Waals surface area contributed by atoms with Crippen molar-refractivity contribution in [1.29, 1.82) is 0 Å². The van der Waals surface area contributed by atoms with Crippen LogP contribution in [0.3, 0.4) is 0 Å². The number of hydrogen-bond donors (Lipinski definition) is 0. The Labute approximate surface area is 222 Å². The van der Waals surface area contributed by atoms with Gasteiger partial charge in [0.1, 0.15) is 22.8 Å². The fraction of sp³-hybridized carbons (Fsp3) is 0.500. The number of fused-ring (bicyclic) bond motifs is 1. The molecule has 0 saturated heterocycles. The molecule has 2 aliphatic rings. The van der Waals surface area contributed by atoms with Crippen molar-refractivity contribution in [3.63, 3.8) is 0 Å². The maximum Gasteiger partial charge on any atom is 0.258 e. The topological polar surface area (TPSA) is 62.1 Å². The van der Waals surface area contributed by atoms with Crippen molar-refractivity contribution in [3.05, 3.63) is 71.8 Å². The Hall–Kier alpha value is -2.93. The van der Waals surface area contributed by atoms with Gasteiger partial charge in [-0.05, 0) is 72.6 Å². The molecule has 196 valence electrons. The van der Waals surface area contributed by atoms with E-state index in [-0.39, 0.29) is 5.60 Å². The Balaban J connectivity index is 1.51. The predicted molar refractivity (Wildman–Crippen MR) is 150 cm³/mol. The van der Waals surface area contributed by atoms with E-state index in [2.05, 4.69) is 81.1 Å². The molecule has 1 spiro atoms. The molecular formula is C30H40N4O2Si. The van der Waals surface area contributed by atoms with Gasteiger partial charge in [-0.15, -0.1) is 5.10 Å². The fourth-order valence-electron chi connectivity index (χ4n) is 6.61. The van der Waals surface area contributed by atoms with Crippen LogP contribution in [0.25, 0.3) is 5.57 Å². The van der Waals surface area contributed by atoms with Crippen molar-refractivity contribution < 1.29 is 9.16 Å². The van der Waals surface area contributed by atoms with E-state index < -0.39 is 8.32 Å². The highest BCUT2D eigenvalue weighted by atomic mass is 28.4. The van der Waals surface area contributed by atoms with Gasteiger partial charge in [0, 0.05) is 23.4 Å². The van der Waals surface area contributed by atoms with Gasteiger partial charge in [0.05, 0.1) is 18.4 Å². The van der Waals surface area contributed by atoms with Crippen LogP contribution in [-0.4, -0.2) is 33.9 Å². The minimum absolute atomic E-state index is 0.283. The lowest BCUT2D eigenvalue weighted by molar-refractivity contribution is 0.124. The summed E-state index contributed by atoms with van der Waals surface area (Å²) in [6.07, 6.45) is 10.5. The SMILES string of the molecule is CC(C)[Si](Oc1ccc2c(c1)OC1(C=C2c2cn(Cc3ccccn3)nn2)CCCC1)(C(C)C)C(C)C. The number of nitrogens with zero attached hydrogens (tertiary/aromatic N) is 4. The van der Waals surface area contributed by atoms with Gasteiger partial charge >= 0.3 is 0 Å². The van der Waals surface area contributed by atoms with E-state index in [4.69, 9.17) is 9.16 Å². The molecule has 0 N–H and O–H groups in total. The average Bonchev–Trinajstić information content (AvgIpc) is 3.51. The van der Waals surface area contributed by atoms with E-state index >= 15 is 0 Å². The lowest BCUT2D eigenvalue weighted by Gasteiger charge is -2.42. The molecule has 7 heteroatoms. The van der Waals surface area contributed by atoms with E-state index in [0.717, 1.165) is 46.9 Å². The fourth-order valence-corrected chi connectivity index (χ4v) is 11.9. The van der Waals surface area contributed by atoms with Crippen LogP contribution in [0.2, 0.25) is 16.6 Å². The van der Waals surface area contributed by atoms with Gasteiger partial charge in [0.25, 0.3) is 8.32 Å². The molecule has 1 aliphatic carbocycles. The number of aromatic nitrogens is 4. The molecular weight excluding hydrogens is 476 g/mol. The Kier molecular flexibility index (Phi) is 7.01. The molecule has 0 atom stereocenters. The van der Waals surface area contributed by atoms with Gasteiger partial charge in [-0.1, -0.05) is 52.8 Å². The molecule has 0 amide bonds. The largest absolute Gasteiger partial charge is 0.543 e. The molecule has 2 aromatic heterocycles. The Morgan fingerprint density at radius 3 is 2.38 bits per heavy atom. The monoisotopic (exact) mass is 516 g/mol. The normalized spacial score (nSPS) is 16.8. The first kappa shape index (κ1) is 25.7. The van der Waals surface area contributed by atoms with Gasteiger partial charge in [-0.3, -0.25) is 4.98 Å². The average molecular weight is 517 g/mol. The summed E-state index contributed by atoms with van der Waals surface area (Å²) in [4.78, 5) is 4.43. The number of pyridine rings is 1. The van der Waals surface area contributed by atoms with Gasteiger partial charge in [0.2, 0.25) is 0 Å². The first-order valence-electron chi connectivity index (χ1n) is 13.8. The maximum absolute atomic E-state index is 7.02. The predicted octanol–water partition coefficient (Wildman–Crippen LogP) is 7.41. The summed E-state index contributed by atoms with van der Waals surface area (Å²) >= 11 is 0. The lowest BCUT2D eigenvalue weighted by atomic mass is 9.89. The van der Waals surface area contributed by atoms with Crippen LogP contribution in [0.5, 0.6) is 11.5 Å². The molecule has 1 saturated carbocycles. The summed E-state index contributed by atoms with van der Waals surface area (Å²) in [7, 11) is -2.07. The summed E-state index contributed by atoms with van der Waals surface area (Å²) < 4.78 is 15.6. The Bertz CT molecular complexity index is 1240. The molecule has 1 aliphatic heterocycles. The number of rotatable bonds is 8. The first-order chi connectivity index (χ1) is 17.7. The molecule has 0 radical (unpaired) electrons. The van der Waals surface area contributed by atoms with Gasteiger partial charge in [-0.25, -0.2) is 4.68 Å². The van der Waals surface area contributed by atoms with Crippen molar-refractivity contribution in [1.82, 2.24) is 20.0 Å². The molecule has 6 nitrogen and oxygen atoms in total. The van der Waals surface area contributed by atoms with Gasteiger partial charge in [-0.2, -0.15) is 0 Å². The van der Waals surface area contributed by atoms with Crippen LogP contribution >= 0.6 is 0 Å². The third kappa shape index (κ3) is 4.86. The zero-order valence-corrected chi connectivity index (χ0v) is 24.1. The second kappa shape index (κ2) is 10.1. The highest BCUT2D eigenvalue weighted by Crippen LogP contribution is 2.48. The lowest BCUT2D eigenvalue weighted by Crippen LogP contribution is -2.50. The minimum Gasteiger partial charge on any atom is -0.543 e. The number of ether oxygens (including phenoxy) is 1. The van der Waals surface area contributed by atoms with Gasteiger partial charge in [0.15, 0.2) is 0 Å². The van der Waals surface area contributed by atoms with Gasteiger partial charge < -0.3 is 9.16 Å². The van der Waals surface area contributed by atoms with Crippen molar-refractivity contribution in [2.24, 2.45) is 0 Å². The van der Waals surface area contributed by atoms with Crippen molar-refractivity contribution in [2.45, 2.75) is 96.0 Å². The van der Waals surface area contributed by atoms with Crippen LogP contribution in [-0.2, 0) is 6.54 Å². The summed E-state index contributed by atoms with van der Waals surface area (Å²) in [5, 5.41) is 9.00. The summed E-state index contributed by atoms with van der Waals surface area (Å²) in [6, 6.07) is 12.3. The molecule has 3 heterocycles. The summed E-state index contributed by atoms with van der Waals surface area (Å²) in [5.74, 6) is 1.82. The summed E-state index contributed by atoms with van der Waals surface area (Å²) in [5.41, 5.74) is 5.23. The number of benzene rings is 1. The minimum atomic E-state index is -2.07. The van der Waals surface area contributed by atoms with Crippen LogP contribution in [0.4, 0.5) is 0 Å². The number of hydrogen-bond acceptors (Lipinski definition) is 5. The van der Waals surface area contributed by atoms with E-state index in [1.165, 1.54) is 12.8 Å². The van der Waals surface area contributed by atoms with E-state index in [1.54, 1.807) is 0 Å². The third-order valence-electron chi connectivity index (χ3n) is 8.28. The molecule has 37 heavy (non-hydrogen) atoms. The van der Waals surface area contributed by atoms with E-state index in [0.29, 0.717) is 23.2 Å². The van der Waals surface area contributed by atoms with Crippen molar-refractivity contribution in [3.8, 4) is 11.5 Å². The van der Waals surface area contributed by atoms with E-state index in [9.17, 15) is 0 Å². The summed E-state index contributed by atoms with van der Waals surface area (Å²) in [6.45, 7) is 14.5. The second-order valence-corrected chi connectivity index (χ2v) is 17.0. The first-order valence-corrected chi connectivity index (χ1v) is 15.9. The molecule has 3 aromatic rings. The highest BCUT2D eigenvalue weighted by Gasteiger charge is 2.47. The quantitative estimate of drug-likeness (QED) is 0.292. The van der Waals surface area contributed by atoms with Crippen molar-refractivity contribution in [2.75, 3.05) is 0 Å². The standard InChI is InChI=1S/C30H40N4O2Si/c1-21(2)37(22(3)4,23(5)6)36-25-12-13-26-27(18-30(14-8-9-15-30)35-29(26)17-25)28-20-34(33-32-28)19-24-11-7-10-16-31-24/h7,10-13,16-18,20-23H,8-9,14-15,19H2,1-6H3. The Morgan fingerprint density at radius 1 is 1.00 bits per heavy atom. The maximum atomic E-state index is 7.02. The van der Waals surface area contributed by atoms with Crippen LogP contribution in [0.1, 0.15) is 84.2 Å². The van der Waals surface area contributed by atoms with Crippen LogP contribution in [0, 0.1) is 0 Å². The molecule has 1 aromatic carbocycles. The van der Waals surface area contributed by atoms with Crippen LogP contribution < -0.4 is 9.16 Å². The zero-order chi connectivity index (χ0) is 26.2. The molecule has 0 unspecified atom stereocenters. The molecule has 5 rings (SSSR count). The van der Waals surface area contributed by atoms with E-state index in [1.807, 2.05) is 35.3 Å². The smallest absolute Gasteiger partial charge is 0.258 e. The second-order valence-electron chi connectivity index (χ2n) is 11.6. The van der Waals surface area contributed by atoms with Crippen molar-refractivity contribution >= 4 is 13.9 Å². The Morgan fingerprint density at radius 2 is 1.73 bits per heavy atom. The molecule has 0 bridgehead atoms. The zero-order valence-electron chi connectivity index (χ0n) is 23.1. The third-order valence-corrected chi connectivity index (χ3v) is 14.3.